The molecular weight excluding hydrogens is 306 g/mol. The van der Waals surface area contributed by atoms with Gasteiger partial charge in [-0.05, 0) is 61.2 Å². The van der Waals surface area contributed by atoms with Crippen molar-refractivity contribution >= 4 is 17.4 Å². The Bertz CT molecular complexity index is 757. The normalized spacial score (nSPS) is 10.2. The van der Waals surface area contributed by atoms with E-state index in [2.05, 4.69) is 6.07 Å². The van der Waals surface area contributed by atoms with Crippen molar-refractivity contribution in [3.05, 3.63) is 69.2 Å². The van der Waals surface area contributed by atoms with E-state index in [1.165, 1.54) is 0 Å². The van der Waals surface area contributed by atoms with Gasteiger partial charge >= 0.3 is 0 Å². The first-order valence-corrected chi connectivity index (χ1v) is 7.92. The predicted molar refractivity (Wildman–Crippen MR) is 95.3 cm³/mol. The predicted octanol–water partition coefficient (Wildman–Crippen LogP) is 4.39. The Kier molecular flexibility index (Phi) is 5.41. The summed E-state index contributed by atoms with van der Waals surface area (Å²) in [5, 5.41) is 17.7. The molecule has 0 aliphatic heterocycles. The lowest BCUT2D eigenvalue weighted by atomic mass is 9.97. The number of nitriles is 1. The van der Waals surface area contributed by atoms with Crippen molar-refractivity contribution in [1.29, 1.82) is 10.7 Å². The summed E-state index contributed by atoms with van der Waals surface area (Å²) >= 11 is 6.40. The zero-order valence-corrected chi connectivity index (χ0v) is 14.4. The molecule has 0 aromatic heterocycles. The van der Waals surface area contributed by atoms with Gasteiger partial charge in [0.05, 0.1) is 16.7 Å². The van der Waals surface area contributed by atoms with Crippen LogP contribution in [0.3, 0.4) is 0 Å². The first-order chi connectivity index (χ1) is 11.0. The van der Waals surface area contributed by atoms with Gasteiger partial charge in [-0.25, -0.2) is 0 Å². The van der Waals surface area contributed by atoms with Crippen molar-refractivity contribution in [2.45, 2.75) is 20.3 Å². The van der Waals surface area contributed by atoms with E-state index in [0.717, 1.165) is 35.2 Å². The van der Waals surface area contributed by atoms with Crippen molar-refractivity contribution in [1.82, 2.24) is 4.90 Å². The van der Waals surface area contributed by atoms with Crippen molar-refractivity contribution in [2.75, 3.05) is 13.6 Å². The molecular formula is C19H20ClN3. The number of benzene rings is 2. The van der Waals surface area contributed by atoms with E-state index in [1.54, 1.807) is 0 Å². The molecule has 0 fully saturated rings. The average Bonchev–Trinajstić information content (AvgIpc) is 2.57. The van der Waals surface area contributed by atoms with Crippen LogP contribution in [0, 0.1) is 23.7 Å². The van der Waals surface area contributed by atoms with Gasteiger partial charge in [0.15, 0.2) is 0 Å². The Labute approximate surface area is 142 Å². The van der Waals surface area contributed by atoms with E-state index >= 15 is 0 Å². The highest BCUT2D eigenvalue weighted by Crippen LogP contribution is 2.24. The molecule has 0 unspecified atom stereocenters. The Hall–Kier alpha value is -2.31. The van der Waals surface area contributed by atoms with Gasteiger partial charge in [0.2, 0.25) is 0 Å². The summed E-state index contributed by atoms with van der Waals surface area (Å²) in [5.74, 6) is 0.436. The van der Waals surface area contributed by atoms with Crippen LogP contribution >= 0.6 is 11.6 Å². The van der Waals surface area contributed by atoms with Gasteiger partial charge in [0.25, 0.3) is 0 Å². The number of hydrogen-bond acceptors (Lipinski definition) is 2. The second-order valence-corrected chi connectivity index (χ2v) is 6.01. The minimum atomic E-state index is 0.436. The minimum Gasteiger partial charge on any atom is -0.360 e. The van der Waals surface area contributed by atoms with Gasteiger partial charge in [-0.3, -0.25) is 5.41 Å². The molecule has 23 heavy (non-hydrogen) atoms. The fraction of sp³-hybridized carbons (Fsp3) is 0.263. The molecule has 0 heterocycles. The van der Waals surface area contributed by atoms with E-state index < -0.39 is 0 Å². The third-order valence-corrected chi connectivity index (χ3v) is 4.33. The molecule has 1 N–H and O–H groups in total. The van der Waals surface area contributed by atoms with Gasteiger partial charge in [-0.1, -0.05) is 23.7 Å². The van der Waals surface area contributed by atoms with E-state index in [9.17, 15) is 0 Å². The molecule has 0 aliphatic rings. The van der Waals surface area contributed by atoms with Crippen molar-refractivity contribution in [3.8, 4) is 6.07 Å². The molecule has 0 spiro atoms. The van der Waals surface area contributed by atoms with E-state index in [1.807, 2.05) is 62.2 Å². The Morgan fingerprint density at radius 3 is 2.48 bits per heavy atom. The zero-order valence-electron chi connectivity index (χ0n) is 13.7. The molecule has 0 radical (unpaired) electrons. The van der Waals surface area contributed by atoms with Crippen LogP contribution in [-0.4, -0.2) is 24.3 Å². The SMILES string of the molecule is CCN(C)C(=N)c1cc(C)c(Cc2ccc(C#N)cc2)cc1Cl. The second kappa shape index (κ2) is 7.30. The van der Waals surface area contributed by atoms with Crippen LogP contribution in [0.4, 0.5) is 0 Å². The monoisotopic (exact) mass is 325 g/mol. The molecule has 4 heteroatoms. The summed E-state index contributed by atoms with van der Waals surface area (Å²) in [7, 11) is 1.89. The molecule has 2 aromatic rings. The molecule has 2 aromatic carbocycles. The highest BCUT2D eigenvalue weighted by atomic mass is 35.5. The molecule has 0 bridgehead atoms. The van der Waals surface area contributed by atoms with Gasteiger partial charge in [-0.15, -0.1) is 0 Å². The topological polar surface area (TPSA) is 50.9 Å². The van der Waals surface area contributed by atoms with Crippen LogP contribution in [0.2, 0.25) is 5.02 Å². The summed E-state index contributed by atoms with van der Waals surface area (Å²) in [6.07, 6.45) is 0.758. The lowest BCUT2D eigenvalue weighted by molar-refractivity contribution is 0.533. The van der Waals surface area contributed by atoms with Crippen molar-refractivity contribution in [3.63, 3.8) is 0 Å². The molecule has 2 rings (SSSR count). The molecule has 3 nitrogen and oxygen atoms in total. The van der Waals surface area contributed by atoms with Gasteiger partial charge in [-0.2, -0.15) is 5.26 Å². The fourth-order valence-corrected chi connectivity index (χ4v) is 2.65. The number of hydrogen-bond donors (Lipinski definition) is 1. The van der Waals surface area contributed by atoms with Crippen molar-refractivity contribution < 1.29 is 0 Å². The van der Waals surface area contributed by atoms with Crippen LogP contribution in [0.15, 0.2) is 36.4 Å². The lowest BCUT2D eigenvalue weighted by Gasteiger charge is -2.20. The summed E-state index contributed by atoms with van der Waals surface area (Å²) in [5.41, 5.74) is 4.81. The van der Waals surface area contributed by atoms with E-state index in [0.29, 0.717) is 16.4 Å². The summed E-state index contributed by atoms with van der Waals surface area (Å²) in [6.45, 7) is 4.81. The number of amidine groups is 1. The van der Waals surface area contributed by atoms with E-state index in [-0.39, 0.29) is 0 Å². The number of aryl methyl sites for hydroxylation is 1. The summed E-state index contributed by atoms with van der Waals surface area (Å²) in [6, 6.07) is 13.6. The van der Waals surface area contributed by atoms with Crippen molar-refractivity contribution in [2.24, 2.45) is 0 Å². The highest BCUT2D eigenvalue weighted by molar-refractivity contribution is 6.34. The maximum Gasteiger partial charge on any atom is 0.129 e. The second-order valence-electron chi connectivity index (χ2n) is 5.61. The Morgan fingerprint density at radius 1 is 1.26 bits per heavy atom. The maximum absolute atomic E-state index is 8.85. The first-order valence-electron chi connectivity index (χ1n) is 7.54. The molecule has 0 saturated carbocycles. The number of halogens is 1. The van der Waals surface area contributed by atoms with Gasteiger partial charge in [0.1, 0.15) is 5.84 Å². The smallest absolute Gasteiger partial charge is 0.129 e. The maximum atomic E-state index is 8.85. The Morgan fingerprint density at radius 2 is 1.91 bits per heavy atom. The van der Waals surface area contributed by atoms with Gasteiger partial charge in [0, 0.05) is 19.2 Å². The largest absolute Gasteiger partial charge is 0.360 e. The van der Waals surface area contributed by atoms with Crippen LogP contribution < -0.4 is 0 Å². The van der Waals surface area contributed by atoms with Crippen LogP contribution in [0.5, 0.6) is 0 Å². The highest BCUT2D eigenvalue weighted by Gasteiger charge is 2.13. The number of nitrogens with one attached hydrogen (secondary N) is 1. The zero-order chi connectivity index (χ0) is 17.0. The molecule has 0 atom stereocenters. The number of rotatable bonds is 4. The number of nitrogens with zero attached hydrogens (tertiary/aromatic N) is 2. The minimum absolute atomic E-state index is 0.436. The standard InChI is InChI=1S/C19H20ClN3/c1-4-23(3)19(22)17-9-13(2)16(11-18(17)20)10-14-5-7-15(12-21)8-6-14/h5-9,11,22H,4,10H2,1-3H3. The van der Waals surface area contributed by atoms with Crippen LogP contribution in [0.25, 0.3) is 0 Å². The van der Waals surface area contributed by atoms with Crippen LogP contribution in [-0.2, 0) is 6.42 Å². The van der Waals surface area contributed by atoms with Crippen LogP contribution in [0.1, 0.15) is 34.7 Å². The first kappa shape index (κ1) is 17.1. The fourth-order valence-electron chi connectivity index (χ4n) is 2.38. The van der Waals surface area contributed by atoms with Gasteiger partial charge < -0.3 is 4.90 Å². The lowest BCUT2D eigenvalue weighted by Crippen LogP contribution is -2.26. The quantitative estimate of drug-likeness (QED) is 0.669. The molecule has 0 aliphatic carbocycles. The molecule has 0 amide bonds. The third-order valence-electron chi connectivity index (χ3n) is 4.01. The van der Waals surface area contributed by atoms with E-state index in [4.69, 9.17) is 22.3 Å². The molecule has 0 saturated heterocycles. The Balaban J connectivity index is 2.29. The third kappa shape index (κ3) is 3.91. The summed E-state index contributed by atoms with van der Waals surface area (Å²) < 4.78 is 0. The summed E-state index contributed by atoms with van der Waals surface area (Å²) in [4.78, 5) is 1.86. The average molecular weight is 326 g/mol. The molecule has 118 valence electrons.